The van der Waals surface area contributed by atoms with Gasteiger partial charge in [0.05, 0.1) is 22.1 Å². The lowest BCUT2D eigenvalue weighted by Gasteiger charge is -2.23. The molecule has 2 heterocycles. The van der Waals surface area contributed by atoms with Gasteiger partial charge in [0.2, 0.25) is 0 Å². The molecule has 20 aromatic rings. The zero-order valence-electron chi connectivity index (χ0n) is 63.1. The van der Waals surface area contributed by atoms with Crippen LogP contribution < -0.4 is 0 Å². The first-order valence-electron chi connectivity index (χ1n) is 38.5. The predicted molar refractivity (Wildman–Crippen MR) is 473 cm³/mol. The van der Waals surface area contributed by atoms with Gasteiger partial charge in [-0.05, 0) is 260 Å². The third-order valence-electron chi connectivity index (χ3n) is 23.2. The van der Waals surface area contributed by atoms with Gasteiger partial charge in [-0.15, -0.1) is 0 Å². The zero-order chi connectivity index (χ0) is 74.3. The lowest BCUT2D eigenvalue weighted by molar-refractivity contribution is 0.591. The minimum atomic E-state index is 0.0334. The van der Waals surface area contributed by atoms with Gasteiger partial charge in [-0.1, -0.05) is 324 Å². The van der Waals surface area contributed by atoms with Gasteiger partial charge in [-0.3, -0.25) is 0 Å². The third kappa shape index (κ3) is 11.8. The fourth-order valence-corrected chi connectivity index (χ4v) is 17.2. The number of aromatic nitrogens is 2. The quantitative estimate of drug-likeness (QED) is 0.121. The fraction of sp³-hybridized carbons (Fsp3) is 0.0741. The van der Waals surface area contributed by atoms with Gasteiger partial charge in [0, 0.05) is 32.9 Å². The molecule has 0 saturated heterocycles. The molecule has 0 aliphatic carbocycles. The molecule has 0 saturated carbocycles. The van der Waals surface area contributed by atoms with Crippen molar-refractivity contribution in [3.05, 3.63) is 398 Å². The molecule has 0 aliphatic rings. The monoisotopic (exact) mass is 1410 g/mol. The second-order valence-corrected chi connectivity index (χ2v) is 30.9. The minimum Gasteiger partial charge on any atom is -0.309 e. The summed E-state index contributed by atoms with van der Waals surface area (Å²) in [5.74, 6) is 0. The molecule has 110 heavy (non-hydrogen) atoms. The van der Waals surface area contributed by atoms with Crippen molar-refractivity contribution >= 4 is 86.7 Å². The maximum atomic E-state index is 2.44. The van der Waals surface area contributed by atoms with Gasteiger partial charge >= 0.3 is 0 Å². The highest BCUT2D eigenvalue weighted by atomic mass is 15.0. The molecule has 2 aromatic heterocycles. The van der Waals surface area contributed by atoms with Crippen molar-refractivity contribution in [3.8, 4) is 100 Å². The maximum Gasteiger partial charge on any atom is 0.0541 e. The summed E-state index contributed by atoms with van der Waals surface area (Å²) in [4.78, 5) is 0. The van der Waals surface area contributed by atoms with E-state index < -0.39 is 0 Å². The van der Waals surface area contributed by atoms with E-state index in [-0.39, 0.29) is 5.41 Å². The predicted octanol–water partition coefficient (Wildman–Crippen LogP) is 30.0. The van der Waals surface area contributed by atoms with Crippen LogP contribution >= 0.6 is 0 Å². The van der Waals surface area contributed by atoms with Crippen molar-refractivity contribution in [1.82, 2.24) is 9.13 Å². The van der Waals surface area contributed by atoms with E-state index in [4.69, 9.17) is 0 Å². The second kappa shape index (κ2) is 27.4. The SMILES string of the molecule is CC(C)(C)c1ccc2c(-c3ccc(-n4c5ccccc5c5cc(-c6ccc(-c7ccccc7)cc6)ccc54)cc3)c3ccccc3c(-c3ccccc3)c2c1.Cc1cc2c(-c3ccccc3)c3cc(C)c(C)cc3c(-c3ccc(-n4c5ccccc5c5cc(-c6ccc(-c7ccccc7)cc6)ccc54)cc3)c2cc1C. The van der Waals surface area contributed by atoms with Crippen molar-refractivity contribution < 1.29 is 0 Å². The van der Waals surface area contributed by atoms with E-state index in [2.05, 4.69) is 428 Å². The maximum absolute atomic E-state index is 2.44. The topological polar surface area (TPSA) is 9.86 Å². The lowest BCUT2D eigenvalue weighted by Crippen LogP contribution is -2.10. The molecule has 20 rings (SSSR count). The molecule has 0 bridgehead atoms. The Morgan fingerprint density at radius 3 is 0.782 bits per heavy atom. The lowest BCUT2D eigenvalue weighted by atomic mass is 9.81. The second-order valence-electron chi connectivity index (χ2n) is 30.9. The normalized spacial score (nSPS) is 11.8. The van der Waals surface area contributed by atoms with E-state index in [9.17, 15) is 0 Å². The Balaban J connectivity index is 0.000000149. The molecule has 0 fully saturated rings. The molecule has 0 spiro atoms. The fourth-order valence-electron chi connectivity index (χ4n) is 17.2. The molecule has 524 valence electrons. The van der Waals surface area contributed by atoms with Crippen molar-refractivity contribution in [2.24, 2.45) is 0 Å². The van der Waals surface area contributed by atoms with Crippen LogP contribution in [0.5, 0.6) is 0 Å². The van der Waals surface area contributed by atoms with Gasteiger partial charge in [-0.25, -0.2) is 0 Å². The smallest absolute Gasteiger partial charge is 0.0541 e. The Hall–Kier alpha value is -13.4. The van der Waals surface area contributed by atoms with Crippen LogP contribution in [0.4, 0.5) is 0 Å². The van der Waals surface area contributed by atoms with Crippen molar-refractivity contribution in [1.29, 1.82) is 0 Å². The summed E-state index contributed by atoms with van der Waals surface area (Å²) in [7, 11) is 0. The molecule has 0 aliphatic heterocycles. The highest BCUT2D eigenvalue weighted by molar-refractivity contribution is 6.24. The standard InChI is InChI=1S/2C54H41N/c1-34-29-47-49(31-36(34)3)54(50-32-37(4)35(2)30-48(50)53(47)41-15-9-6-10-16-41)42-23-26-44(27-24-42)55-51-18-12-11-17-45(51)46-33-43(25-28-52(46)55)40-21-19-39(20-22-40)38-13-7-5-8-14-38;1-54(2,3)42-29-32-47-49(35-42)53(39-16-8-5-9-17-39)46-20-11-10-19-45(46)52(47)40-26-30-43(31-27-40)55-50-21-13-12-18-44(50)48-34-41(28-33-51(48)55)38-24-22-37(23-25-38)36-14-6-4-7-15-36/h5-33H,1-4H3;4-35H,1-3H3. The van der Waals surface area contributed by atoms with E-state index in [0.29, 0.717) is 0 Å². The molecule has 0 N–H and O–H groups in total. The minimum absolute atomic E-state index is 0.0334. The molecule has 2 nitrogen and oxygen atoms in total. The summed E-state index contributed by atoms with van der Waals surface area (Å²) >= 11 is 0. The Kier molecular flexibility index (Phi) is 16.8. The molecule has 0 amide bonds. The Morgan fingerprint density at radius 1 is 0.173 bits per heavy atom. The van der Waals surface area contributed by atoms with Crippen LogP contribution in [0.1, 0.15) is 48.6 Å². The van der Waals surface area contributed by atoms with Crippen LogP contribution in [-0.2, 0) is 5.41 Å². The Morgan fingerprint density at radius 2 is 0.418 bits per heavy atom. The van der Waals surface area contributed by atoms with E-state index in [1.807, 2.05) is 0 Å². The highest BCUT2D eigenvalue weighted by Crippen LogP contribution is 2.49. The molecular formula is C108H82N2. The van der Waals surface area contributed by atoms with Crippen molar-refractivity contribution in [3.63, 3.8) is 0 Å². The van der Waals surface area contributed by atoms with Crippen molar-refractivity contribution in [2.45, 2.75) is 53.9 Å². The summed E-state index contributed by atoms with van der Waals surface area (Å²) in [6, 6.07) is 137. The zero-order valence-corrected chi connectivity index (χ0v) is 63.1. The van der Waals surface area contributed by atoms with Crippen molar-refractivity contribution in [2.75, 3.05) is 0 Å². The number of fused-ring (bicyclic) bond motifs is 10. The first-order valence-corrected chi connectivity index (χ1v) is 38.5. The van der Waals surface area contributed by atoms with Gasteiger partial charge in [-0.2, -0.15) is 0 Å². The largest absolute Gasteiger partial charge is 0.309 e. The van der Waals surface area contributed by atoms with E-state index in [1.54, 1.807) is 0 Å². The average molecular weight is 1410 g/mol. The number of benzene rings is 18. The number of rotatable bonds is 10. The van der Waals surface area contributed by atoms with Crippen LogP contribution in [-0.4, -0.2) is 9.13 Å². The first-order chi connectivity index (χ1) is 53.8. The number of hydrogen-bond donors (Lipinski definition) is 0. The molecule has 0 atom stereocenters. The van der Waals surface area contributed by atoms with E-state index >= 15 is 0 Å². The van der Waals surface area contributed by atoms with Gasteiger partial charge < -0.3 is 9.13 Å². The summed E-state index contributed by atoms with van der Waals surface area (Å²) in [5.41, 5.74) is 33.7. The van der Waals surface area contributed by atoms with Gasteiger partial charge in [0.15, 0.2) is 0 Å². The summed E-state index contributed by atoms with van der Waals surface area (Å²) in [6.07, 6.45) is 0. The Bertz CT molecular complexity index is 6870. The molecule has 0 radical (unpaired) electrons. The number of nitrogens with zero attached hydrogens (tertiary/aromatic N) is 2. The summed E-state index contributed by atoms with van der Waals surface area (Å²) < 4.78 is 4.84. The van der Waals surface area contributed by atoms with Crippen LogP contribution in [0.15, 0.2) is 370 Å². The molecule has 2 heteroatoms. The van der Waals surface area contributed by atoms with Gasteiger partial charge in [0.1, 0.15) is 0 Å². The average Bonchev–Trinajstić information content (AvgIpc) is 1.36. The van der Waals surface area contributed by atoms with E-state index in [1.165, 1.54) is 204 Å². The number of aryl methyl sites for hydroxylation is 4. The molecule has 18 aromatic carbocycles. The van der Waals surface area contributed by atoms with Crippen LogP contribution in [0.2, 0.25) is 0 Å². The molecular weight excluding hydrogens is 1330 g/mol. The van der Waals surface area contributed by atoms with Crippen LogP contribution in [0.25, 0.3) is 187 Å². The molecule has 0 unspecified atom stereocenters. The first kappa shape index (κ1) is 67.2. The van der Waals surface area contributed by atoms with E-state index in [0.717, 1.165) is 11.4 Å². The van der Waals surface area contributed by atoms with Gasteiger partial charge in [0.25, 0.3) is 0 Å². The highest BCUT2D eigenvalue weighted by Gasteiger charge is 2.24. The van der Waals surface area contributed by atoms with Crippen LogP contribution in [0, 0.1) is 27.7 Å². The van der Waals surface area contributed by atoms with Crippen LogP contribution in [0.3, 0.4) is 0 Å². The third-order valence-corrected chi connectivity index (χ3v) is 23.2. The summed E-state index contributed by atoms with van der Waals surface area (Å²) in [6.45, 7) is 15.9. The Labute approximate surface area is 643 Å². The number of hydrogen-bond acceptors (Lipinski definition) is 0. The summed E-state index contributed by atoms with van der Waals surface area (Å²) in [5, 5.41) is 15.4. The number of para-hydroxylation sites is 2.